The minimum Gasteiger partial charge on any atom is -0.359 e. The molecule has 1 aromatic heterocycles. The molecule has 5 nitrogen and oxygen atoms in total. The zero-order chi connectivity index (χ0) is 13.7. The highest BCUT2D eigenvalue weighted by Crippen LogP contribution is 2.20. The fraction of sp³-hybridized carbons (Fsp3) is 0.500. The number of rotatable bonds is 4. The van der Waals surface area contributed by atoms with Crippen molar-refractivity contribution in [3.8, 4) is 0 Å². The first-order chi connectivity index (χ1) is 9.19. The van der Waals surface area contributed by atoms with E-state index in [1.54, 1.807) is 13.2 Å². The van der Waals surface area contributed by atoms with Crippen molar-refractivity contribution in [2.45, 2.75) is 19.3 Å². The lowest BCUT2D eigenvalue weighted by molar-refractivity contribution is -0.130. The summed E-state index contributed by atoms with van der Waals surface area (Å²) < 4.78 is 0. The Hall–Kier alpha value is -1.91. The second kappa shape index (κ2) is 6.31. The molecule has 1 aliphatic rings. The Kier molecular flexibility index (Phi) is 4.49. The summed E-state index contributed by atoms with van der Waals surface area (Å²) in [4.78, 5) is 29.4. The maximum atomic E-state index is 12.1. The van der Waals surface area contributed by atoms with Crippen LogP contribution in [0.3, 0.4) is 0 Å². The molecule has 2 rings (SSSR count). The normalized spacial score (nSPS) is 18.4. The second-order valence-corrected chi connectivity index (χ2v) is 4.87. The summed E-state index contributed by atoms with van der Waals surface area (Å²) in [7, 11) is 1.64. The number of hydrogen-bond acceptors (Lipinski definition) is 3. The van der Waals surface area contributed by atoms with Gasteiger partial charge in [-0.3, -0.25) is 14.6 Å². The summed E-state index contributed by atoms with van der Waals surface area (Å²) in [5, 5.41) is 2.62. The predicted octanol–water partition coefficient (Wildman–Crippen LogP) is 0.609. The van der Waals surface area contributed by atoms with Crippen LogP contribution in [0.4, 0.5) is 0 Å². The lowest BCUT2D eigenvalue weighted by Crippen LogP contribution is -2.31. The van der Waals surface area contributed by atoms with Crippen molar-refractivity contribution in [3.05, 3.63) is 30.1 Å². The third-order valence-corrected chi connectivity index (χ3v) is 3.45. The molecule has 19 heavy (non-hydrogen) atoms. The largest absolute Gasteiger partial charge is 0.359 e. The van der Waals surface area contributed by atoms with Crippen molar-refractivity contribution >= 4 is 11.8 Å². The number of carbonyl (C=O) groups is 2. The summed E-state index contributed by atoms with van der Waals surface area (Å²) >= 11 is 0. The van der Waals surface area contributed by atoms with Gasteiger partial charge in [-0.15, -0.1) is 0 Å². The molecule has 0 aliphatic carbocycles. The number of amides is 2. The van der Waals surface area contributed by atoms with Gasteiger partial charge >= 0.3 is 0 Å². The van der Waals surface area contributed by atoms with Crippen LogP contribution in [0, 0.1) is 5.92 Å². The highest BCUT2D eigenvalue weighted by atomic mass is 16.2. The van der Waals surface area contributed by atoms with Gasteiger partial charge in [0.2, 0.25) is 11.8 Å². The van der Waals surface area contributed by atoms with Gasteiger partial charge < -0.3 is 10.2 Å². The van der Waals surface area contributed by atoms with Crippen LogP contribution in [0.15, 0.2) is 24.4 Å². The number of nitrogens with zero attached hydrogens (tertiary/aromatic N) is 2. The molecule has 0 spiro atoms. The van der Waals surface area contributed by atoms with Crippen molar-refractivity contribution in [2.75, 3.05) is 20.1 Å². The first-order valence-electron chi connectivity index (χ1n) is 6.57. The zero-order valence-electron chi connectivity index (χ0n) is 11.1. The van der Waals surface area contributed by atoms with Gasteiger partial charge in [-0.1, -0.05) is 6.07 Å². The Morgan fingerprint density at radius 2 is 2.32 bits per heavy atom. The van der Waals surface area contributed by atoms with E-state index in [0.717, 1.165) is 18.7 Å². The van der Waals surface area contributed by atoms with Crippen LogP contribution in [0.5, 0.6) is 0 Å². The van der Waals surface area contributed by atoms with Crippen LogP contribution in [0.25, 0.3) is 0 Å². The van der Waals surface area contributed by atoms with Crippen molar-refractivity contribution in [1.82, 2.24) is 15.2 Å². The SMILES string of the molecule is CNC(=O)CC1CCN(C(=O)Cc2ccccn2)C1. The third-order valence-electron chi connectivity index (χ3n) is 3.45. The van der Waals surface area contributed by atoms with Crippen LogP contribution >= 0.6 is 0 Å². The van der Waals surface area contributed by atoms with Gasteiger partial charge in [0.05, 0.1) is 6.42 Å². The molecule has 102 valence electrons. The van der Waals surface area contributed by atoms with E-state index in [1.165, 1.54) is 0 Å². The average molecular weight is 261 g/mol. The van der Waals surface area contributed by atoms with Gasteiger partial charge in [-0.05, 0) is 24.5 Å². The van der Waals surface area contributed by atoms with E-state index in [-0.39, 0.29) is 17.7 Å². The summed E-state index contributed by atoms with van der Waals surface area (Å²) in [6.07, 6.45) is 3.44. The number of aromatic nitrogens is 1. The molecular weight excluding hydrogens is 242 g/mol. The van der Waals surface area contributed by atoms with Crippen LogP contribution in [-0.2, 0) is 16.0 Å². The standard InChI is InChI=1S/C14H19N3O2/c1-15-13(18)8-11-5-7-17(10-11)14(19)9-12-4-2-3-6-16-12/h2-4,6,11H,5,7-10H2,1H3,(H,15,18). The minimum atomic E-state index is 0.0454. The molecule has 0 saturated carbocycles. The van der Waals surface area contributed by atoms with E-state index in [4.69, 9.17) is 0 Å². The summed E-state index contributed by atoms with van der Waals surface area (Å²) in [5.41, 5.74) is 0.794. The number of hydrogen-bond donors (Lipinski definition) is 1. The maximum Gasteiger partial charge on any atom is 0.228 e. The first-order valence-corrected chi connectivity index (χ1v) is 6.57. The van der Waals surface area contributed by atoms with Gasteiger partial charge in [0.1, 0.15) is 0 Å². The molecule has 1 unspecified atom stereocenters. The van der Waals surface area contributed by atoms with Crippen LogP contribution < -0.4 is 5.32 Å². The molecule has 5 heteroatoms. The van der Waals surface area contributed by atoms with E-state index in [0.29, 0.717) is 19.4 Å². The van der Waals surface area contributed by atoms with Gasteiger partial charge in [-0.2, -0.15) is 0 Å². The van der Waals surface area contributed by atoms with Gasteiger partial charge in [-0.25, -0.2) is 0 Å². The molecule has 2 amide bonds. The number of likely N-dealkylation sites (tertiary alicyclic amines) is 1. The van der Waals surface area contributed by atoms with E-state index in [1.807, 2.05) is 23.1 Å². The highest BCUT2D eigenvalue weighted by molar-refractivity contribution is 5.79. The van der Waals surface area contributed by atoms with E-state index in [2.05, 4.69) is 10.3 Å². The van der Waals surface area contributed by atoms with Gasteiger partial charge in [0, 0.05) is 38.4 Å². The zero-order valence-corrected chi connectivity index (χ0v) is 11.1. The Labute approximate surface area is 113 Å². The molecule has 1 aliphatic heterocycles. The highest BCUT2D eigenvalue weighted by Gasteiger charge is 2.27. The van der Waals surface area contributed by atoms with Crippen molar-refractivity contribution < 1.29 is 9.59 Å². The second-order valence-electron chi connectivity index (χ2n) is 4.87. The molecule has 1 atom stereocenters. The summed E-state index contributed by atoms with van der Waals surface area (Å²) in [5.74, 6) is 0.426. The van der Waals surface area contributed by atoms with E-state index < -0.39 is 0 Å². The van der Waals surface area contributed by atoms with E-state index in [9.17, 15) is 9.59 Å². The molecule has 1 saturated heterocycles. The maximum absolute atomic E-state index is 12.1. The molecule has 1 N–H and O–H groups in total. The first kappa shape index (κ1) is 13.5. The topological polar surface area (TPSA) is 62.3 Å². The molecule has 0 radical (unpaired) electrons. The quantitative estimate of drug-likeness (QED) is 0.863. The van der Waals surface area contributed by atoms with Gasteiger partial charge in [0.15, 0.2) is 0 Å². The lowest BCUT2D eigenvalue weighted by Gasteiger charge is -2.16. The molecule has 0 aromatic carbocycles. The minimum absolute atomic E-state index is 0.0454. The Morgan fingerprint density at radius 1 is 1.47 bits per heavy atom. The Bertz CT molecular complexity index is 447. The predicted molar refractivity (Wildman–Crippen MR) is 71.3 cm³/mol. The fourth-order valence-corrected chi connectivity index (χ4v) is 2.36. The molecule has 0 bridgehead atoms. The molecular formula is C14H19N3O2. The van der Waals surface area contributed by atoms with Crippen molar-refractivity contribution in [1.29, 1.82) is 0 Å². The smallest absolute Gasteiger partial charge is 0.228 e. The Morgan fingerprint density at radius 3 is 3.00 bits per heavy atom. The van der Waals surface area contributed by atoms with Crippen LogP contribution in [0.2, 0.25) is 0 Å². The number of nitrogens with one attached hydrogen (secondary N) is 1. The van der Waals surface area contributed by atoms with Crippen LogP contribution in [-0.4, -0.2) is 41.8 Å². The fourth-order valence-electron chi connectivity index (χ4n) is 2.36. The Balaban J connectivity index is 1.83. The monoisotopic (exact) mass is 261 g/mol. The number of pyridine rings is 1. The van der Waals surface area contributed by atoms with Gasteiger partial charge in [0.25, 0.3) is 0 Å². The summed E-state index contributed by atoms with van der Waals surface area (Å²) in [6, 6.07) is 5.58. The molecule has 2 heterocycles. The van der Waals surface area contributed by atoms with Crippen LogP contribution in [0.1, 0.15) is 18.5 Å². The summed E-state index contributed by atoms with van der Waals surface area (Å²) in [6.45, 7) is 1.42. The third kappa shape index (κ3) is 3.77. The van der Waals surface area contributed by atoms with E-state index >= 15 is 0 Å². The molecule has 1 aromatic rings. The number of carbonyl (C=O) groups excluding carboxylic acids is 2. The lowest BCUT2D eigenvalue weighted by atomic mass is 10.0. The van der Waals surface area contributed by atoms with Crippen molar-refractivity contribution in [3.63, 3.8) is 0 Å². The van der Waals surface area contributed by atoms with Crippen molar-refractivity contribution in [2.24, 2.45) is 5.92 Å². The molecule has 1 fully saturated rings. The average Bonchev–Trinajstić information content (AvgIpc) is 2.88.